The fourth-order valence-electron chi connectivity index (χ4n) is 2.33. The summed E-state index contributed by atoms with van der Waals surface area (Å²) in [4.78, 5) is 4.27. The van der Waals surface area contributed by atoms with Gasteiger partial charge in [-0.3, -0.25) is 0 Å². The van der Waals surface area contributed by atoms with E-state index in [1.807, 2.05) is 31.7 Å². The van der Waals surface area contributed by atoms with Crippen LogP contribution in [0.4, 0.5) is 0 Å². The Balaban J connectivity index is 2.20. The van der Waals surface area contributed by atoms with Gasteiger partial charge < -0.3 is 4.57 Å². The third kappa shape index (κ3) is 3.16. The van der Waals surface area contributed by atoms with Crippen LogP contribution in [0.1, 0.15) is 38.6 Å². The fraction of sp³-hybridized carbons (Fsp3) is 0.750. The van der Waals surface area contributed by atoms with Crippen molar-refractivity contribution in [3.63, 3.8) is 0 Å². The molecule has 1 aromatic rings. The van der Waals surface area contributed by atoms with Crippen molar-refractivity contribution < 1.29 is 8.42 Å². The van der Waals surface area contributed by atoms with Gasteiger partial charge in [-0.25, -0.2) is 4.98 Å². The van der Waals surface area contributed by atoms with Gasteiger partial charge in [-0.1, -0.05) is 13.8 Å². The predicted molar refractivity (Wildman–Crippen MR) is 73.6 cm³/mol. The van der Waals surface area contributed by atoms with Crippen LogP contribution in [-0.2, 0) is 17.3 Å². The van der Waals surface area contributed by atoms with E-state index >= 15 is 0 Å². The summed E-state index contributed by atoms with van der Waals surface area (Å²) in [7, 11) is -1.54. The molecule has 0 amide bonds. The van der Waals surface area contributed by atoms with E-state index in [0.717, 1.165) is 18.7 Å². The molecule has 1 aromatic heterocycles. The summed E-state index contributed by atoms with van der Waals surface area (Å²) < 4.78 is 30.8. The van der Waals surface area contributed by atoms with Crippen molar-refractivity contribution >= 4 is 10.2 Å². The molecule has 0 saturated carbocycles. The second-order valence-corrected chi connectivity index (χ2v) is 7.05. The minimum absolute atomic E-state index is 0.137. The van der Waals surface area contributed by atoms with E-state index in [-0.39, 0.29) is 12.0 Å². The zero-order chi connectivity index (χ0) is 14.0. The van der Waals surface area contributed by atoms with Crippen LogP contribution in [0.3, 0.4) is 0 Å². The quantitative estimate of drug-likeness (QED) is 0.879. The Morgan fingerprint density at radius 1 is 1.32 bits per heavy atom. The molecule has 2 heterocycles. The van der Waals surface area contributed by atoms with Gasteiger partial charge >= 0.3 is 0 Å². The van der Waals surface area contributed by atoms with Crippen molar-refractivity contribution in [2.24, 2.45) is 13.0 Å². The summed E-state index contributed by atoms with van der Waals surface area (Å²) in [5.74, 6) is 0.885. The van der Waals surface area contributed by atoms with Crippen molar-refractivity contribution in [1.82, 2.24) is 18.6 Å². The number of hydrogen-bond acceptors (Lipinski definition) is 3. The van der Waals surface area contributed by atoms with Crippen molar-refractivity contribution in [3.05, 3.63) is 18.2 Å². The van der Waals surface area contributed by atoms with E-state index in [9.17, 15) is 8.42 Å². The largest absolute Gasteiger partial charge is 0.337 e. The van der Waals surface area contributed by atoms with E-state index in [2.05, 4.69) is 9.71 Å². The van der Waals surface area contributed by atoms with Gasteiger partial charge in [0.15, 0.2) is 0 Å². The summed E-state index contributed by atoms with van der Waals surface area (Å²) in [5.41, 5.74) is 0. The van der Waals surface area contributed by atoms with Crippen molar-refractivity contribution in [1.29, 1.82) is 0 Å². The van der Waals surface area contributed by atoms with E-state index in [1.54, 1.807) is 6.20 Å². The summed E-state index contributed by atoms with van der Waals surface area (Å²) >= 11 is 0. The lowest BCUT2D eigenvalue weighted by molar-refractivity contribution is 0.404. The number of rotatable bonds is 5. The summed E-state index contributed by atoms with van der Waals surface area (Å²) in [6.07, 6.45) is 5.40. The molecule has 7 heteroatoms. The Kier molecular flexibility index (Phi) is 4.27. The first-order chi connectivity index (χ1) is 8.92. The maximum absolute atomic E-state index is 12.3. The van der Waals surface area contributed by atoms with Gasteiger partial charge in [0.25, 0.3) is 10.2 Å². The number of imidazole rings is 1. The number of hydrogen-bond donors (Lipinski definition) is 1. The van der Waals surface area contributed by atoms with E-state index < -0.39 is 10.2 Å². The van der Waals surface area contributed by atoms with Crippen molar-refractivity contribution in [2.75, 3.05) is 13.1 Å². The van der Waals surface area contributed by atoms with Crippen LogP contribution in [0, 0.1) is 5.92 Å². The van der Waals surface area contributed by atoms with E-state index in [1.165, 1.54) is 4.31 Å². The number of aryl methyl sites for hydroxylation is 1. The molecule has 0 unspecified atom stereocenters. The second-order valence-electron chi connectivity index (χ2n) is 5.35. The van der Waals surface area contributed by atoms with Crippen molar-refractivity contribution in [3.8, 4) is 0 Å². The molecule has 0 aromatic carbocycles. The molecular formula is C12H22N4O2S. The molecule has 1 atom stereocenters. The zero-order valence-corrected chi connectivity index (χ0v) is 12.5. The molecule has 1 aliphatic rings. The monoisotopic (exact) mass is 286 g/mol. The molecular weight excluding hydrogens is 264 g/mol. The molecule has 1 fully saturated rings. The number of nitrogens with one attached hydrogen (secondary N) is 1. The topological polar surface area (TPSA) is 67.2 Å². The third-order valence-corrected chi connectivity index (χ3v) is 5.08. The summed E-state index contributed by atoms with van der Waals surface area (Å²) in [6.45, 7) is 5.21. The Morgan fingerprint density at radius 2 is 1.95 bits per heavy atom. The highest BCUT2D eigenvalue weighted by Gasteiger charge is 2.31. The SMILES string of the molecule is CC(C)[C@H](NS(=O)(=O)N1CCCC1)c1nccn1C. The highest BCUT2D eigenvalue weighted by Crippen LogP contribution is 2.22. The lowest BCUT2D eigenvalue weighted by atomic mass is 10.1. The van der Waals surface area contributed by atoms with Crippen LogP contribution in [0.15, 0.2) is 12.4 Å². The van der Waals surface area contributed by atoms with Gasteiger partial charge in [-0.05, 0) is 18.8 Å². The van der Waals surface area contributed by atoms with Gasteiger partial charge in [0.05, 0.1) is 6.04 Å². The smallest absolute Gasteiger partial charge is 0.280 e. The average molecular weight is 286 g/mol. The Labute approximate surface area is 115 Å². The Hall–Kier alpha value is -0.920. The molecule has 0 radical (unpaired) electrons. The van der Waals surface area contributed by atoms with Gasteiger partial charge in [-0.2, -0.15) is 17.4 Å². The normalized spacial score (nSPS) is 19.2. The molecule has 0 spiro atoms. The lowest BCUT2D eigenvalue weighted by Crippen LogP contribution is -2.42. The fourth-order valence-corrected chi connectivity index (χ4v) is 3.91. The summed E-state index contributed by atoms with van der Waals surface area (Å²) in [5, 5.41) is 0. The van der Waals surface area contributed by atoms with Gasteiger partial charge in [0, 0.05) is 32.5 Å². The van der Waals surface area contributed by atoms with Crippen LogP contribution in [0.25, 0.3) is 0 Å². The van der Waals surface area contributed by atoms with Gasteiger partial charge in [-0.15, -0.1) is 0 Å². The molecule has 0 aliphatic carbocycles. The lowest BCUT2D eigenvalue weighted by Gasteiger charge is -2.25. The zero-order valence-electron chi connectivity index (χ0n) is 11.7. The summed E-state index contributed by atoms with van der Waals surface area (Å²) in [6, 6.07) is -0.300. The van der Waals surface area contributed by atoms with Crippen LogP contribution in [-0.4, -0.2) is 35.4 Å². The third-order valence-electron chi connectivity index (χ3n) is 3.48. The number of aromatic nitrogens is 2. The molecule has 1 aliphatic heterocycles. The molecule has 108 valence electrons. The first-order valence-electron chi connectivity index (χ1n) is 6.66. The van der Waals surface area contributed by atoms with Crippen LogP contribution >= 0.6 is 0 Å². The van der Waals surface area contributed by atoms with Gasteiger partial charge in [0.2, 0.25) is 0 Å². The number of nitrogens with zero attached hydrogens (tertiary/aromatic N) is 3. The van der Waals surface area contributed by atoms with Crippen LogP contribution < -0.4 is 4.72 Å². The molecule has 19 heavy (non-hydrogen) atoms. The molecule has 6 nitrogen and oxygen atoms in total. The first-order valence-corrected chi connectivity index (χ1v) is 8.10. The second kappa shape index (κ2) is 5.60. The minimum atomic E-state index is -3.42. The predicted octanol–water partition coefficient (Wildman–Crippen LogP) is 1.05. The molecule has 1 N–H and O–H groups in total. The maximum atomic E-state index is 12.3. The van der Waals surface area contributed by atoms with Crippen LogP contribution in [0.5, 0.6) is 0 Å². The highest BCUT2D eigenvalue weighted by molar-refractivity contribution is 7.87. The van der Waals surface area contributed by atoms with Crippen molar-refractivity contribution in [2.45, 2.75) is 32.7 Å². The van der Waals surface area contributed by atoms with Gasteiger partial charge in [0.1, 0.15) is 5.82 Å². The first kappa shape index (κ1) is 14.5. The van der Waals surface area contributed by atoms with E-state index in [4.69, 9.17) is 0 Å². The highest BCUT2D eigenvalue weighted by atomic mass is 32.2. The standard InChI is InChI=1S/C12H22N4O2S/c1-10(2)11(12-13-6-9-15(12)3)14-19(17,18)16-7-4-5-8-16/h6,9-11,14H,4-5,7-8H2,1-3H3/t11-/m0/s1. The Morgan fingerprint density at radius 3 is 2.42 bits per heavy atom. The Bertz CT molecular complexity index is 518. The maximum Gasteiger partial charge on any atom is 0.280 e. The molecule has 2 rings (SSSR count). The minimum Gasteiger partial charge on any atom is -0.337 e. The molecule has 0 bridgehead atoms. The van der Waals surface area contributed by atoms with Crippen LogP contribution in [0.2, 0.25) is 0 Å². The molecule has 1 saturated heterocycles. The average Bonchev–Trinajstić information content (AvgIpc) is 2.96. The van der Waals surface area contributed by atoms with E-state index in [0.29, 0.717) is 13.1 Å².